The number of rotatable bonds is 7. The van der Waals surface area contributed by atoms with Crippen molar-refractivity contribution < 1.29 is 5.11 Å². The molecule has 102 valence electrons. The van der Waals surface area contributed by atoms with Crippen molar-refractivity contribution in [1.82, 2.24) is 5.32 Å². The first-order valence-electron chi connectivity index (χ1n) is 6.73. The lowest BCUT2D eigenvalue weighted by atomic mass is 9.96. The molecule has 0 aliphatic carbocycles. The van der Waals surface area contributed by atoms with Gasteiger partial charge in [-0.1, -0.05) is 32.0 Å². The Bertz CT molecular complexity index is 364. The van der Waals surface area contributed by atoms with E-state index >= 15 is 0 Å². The lowest BCUT2D eigenvalue weighted by Gasteiger charge is -2.13. The minimum atomic E-state index is -0.437. The van der Waals surface area contributed by atoms with Crippen LogP contribution in [0.3, 0.4) is 0 Å². The largest absolute Gasteiger partial charge is 0.390 e. The van der Waals surface area contributed by atoms with Gasteiger partial charge in [0.15, 0.2) is 0 Å². The van der Waals surface area contributed by atoms with Crippen LogP contribution in [0, 0.1) is 6.92 Å². The molecule has 0 aliphatic heterocycles. The second-order valence-corrected chi connectivity index (χ2v) is 5.18. The molecule has 0 fully saturated rings. The number of nitrogens with two attached hydrogens (primary N) is 1. The molecule has 1 aromatic rings. The Hall–Kier alpha value is -0.900. The van der Waals surface area contributed by atoms with Crippen LogP contribution in [-0.2, 0) is 6.42 Å². The normalized spacial score (nSPS) is 13.0. The van der Waals surface area contributed by atoms with Gasteiger partial charge in [-0.2, -0.15) is 0 Å². The zero-order valence-corrected chi connectivity index (χ0v) is 11.7. The third kappa shape index (κ3) is 4.77. The van der Waals surface area contributed by atoms with Crippen LogP contribution >= 0.6 is 0 Å². The minimum absolute atomic E-state index is 0.314. The number of nitrogens with one attached hydrogen (secondary N) is 1. The molecule has 1 unspecified atom stereocenters. The predicted molar refractivity (Wildman–Crippen MR) is 76.9 cm³/mol. The maximum absolute atomic E-state index is 9.34. The fraction of sp³-hybridized carbons (Fsp3) is 0.600. The number of hydrogen-bond donors (Lipinski definition) is 3. The highest BCUT2D eigenvalue weighted by Crippen LogP contribution is 2.18. The van der Waals surface area contributed by atoms with Crippen molar-refractivity contribution in [3.63, 3.8) is 0 Å². The first kappa shape index (κ1) is 15.2. The molecule has 0 aliphatic rings. The van der Waals surface area contributed by atoms with Gasteiger partial charge in [0.2, 0.25) is 0 Å². The van der Waals surface area contributed by atoms with Crippen molar-refractivity contribution in [1.29, 1.82) is 0 Å². The van der Waals surface area contributed by atoms with Crippen LogP contribution in [0.15, 0.2) is 18.2 Å². The Balaban J connectivity index is 2.48. The summed E-state index contributed by atoms with van der Waals surface area (Å²) in [5, 5.41) is 12.6. The van der Waals surface area contributed by atoms with Crippen LogP contribution in [0.1, 0.15) is 36.5 Å². The van der Waals surface area contributed by atoms with Crippen LogP contribution in [-0.4, -0.2) is 30.8 Å². The van der Waals surface area contributed by atoms with Crippen molar-refractivity contribution in [2.75, 3.05) is 19.6 Å². The first-order valence-corrected chi connectivity index (χ1v) is 6.73. The van der Waals surface area contributed by atoms with Gasteiger partial charge in [0, 0.05) is 13.1 Å². The van der Waals surface area contributed by atoms with Gasteiger partial charge in [-0.15, -0.1) is 0 Å². The maximum atomic E-state index is 9.34. The van der Waals surface area contributed by atoms with Gasteiger partial charge in [0.25, 0.3) is 0 Å². The lowest BCUT2D eigenvalue weighted by molar-refractivity contribution is 0.180. The van der Waals surface area contributed by atoms with E-state index in [9.17, 15) is 5.11 Å². The summed E-state index contributed by atoms with van der Waals surface area (Å²) < 4.78 is 0. The average Bonchev–Trinajstić information content (AvgIpc) is 2.35. The quantitative estimate of drug-likeness (QED) is 0.644. The Morgan fingerprint density at radius 1 is 1.33 bits per heavy atom. The number of hydrogen-bond acceptors (Lipinski definition) is 3. The van der Waals surface area contributed by atoms with Crippen LogP contribution < -0.4 is 11.1 Å². The van der Waals surface area contributed by atoms with Crippen molar-refractivity contribution in [3.05, 3.63) is 34.9 Å². The molecular weight excluding hydrogens is 224 g/mol. The second-order valence-electron chi connectivity index (χ2n) is 5.18. The molecule has 0 radical (unpaired) electrons. The summed E-state index contributed by atoms with van der Waals surface area (Å²) in [7, 11) is 0. The van der Waals surface area contributed by atoms with Gasteiger partial charge in [0.05, 0.1) is 6.10 Å². The van der Waals surface area contributed by atoms with E-state index in [1.54, 1.807) is 0 Å². The highest BCUT2D eigenvalue weighted by atomic mass is 16.3. The summed E-state index contributed by atoms with van der Waals surface area (Å²) in [6.07, 6.45) is 0.553. The van der Waals surface area contributed by atoms with E-state index in [4.69, 9.17) is 5.73 Å². The smallest absolute Gasteiger partial charge is 0.0786 e. The lowest BCUT2D eigenvalue weighted by Crippen LogP contribution is -2.33. The van der Waals surface area contributed by atoms with Crippen LogP contribution in [0.5, 0.6) is 0 Å². The van der Waals surface area contributed by atoms with Gasteiger partial charge in [0.1, 0.15) is 0 Å². The second kappa shape index (κ2) is 7.52. The van der Waals surface area contributed by atoms with E-state index < -0.39 is 6.10 Å². The van der Waals surface area contributed by atoms with Gasteiger partial charge in [-0.25, -0.2) is 0 Å². The summed E-state index contributed by atoms with van der Waals surface area (Å²) >= 11 is 0. The summed E-state index contributed by atoms with van der Waals surface area (Å²) in [6, 6.07) is 6.69. The number of aliphatic hydroxyl groups is 1. The van der Waals surface area contributed by atoms with Gasteiger partial charge >= 0.3 is 0 Å². The Morgan fingerprint density at radius 2 is 2.06 bits per heavy atom. The molecule has 0 aromatic heterocycles. The van der Waals surface area contributed by atoms with Crippen molar-refractivity contribution in [3.8, 4) is 0 Å². The van der Waals surface area contributed by atoms with Crippen molar-refractivity contribution in [2.24, 2.45) is 5.73 Å². The summed E-state index contributed by atoms with van der Waals surface area (Å²) in [6.45, 7) is 8.33. The van der Waals surface area contributed by atoms with E-state index in [1.807, 2.05) is 0 Å². The van der Waals surface area contributed by atoms with Gasteiger partial charge in [-0.05, 0) is 42.5 Å². The van der Waals surface area contributed by atoms with E-state index in [0.29, 0.717) is 19.0 Å². The maximum Gasteiger partial charge on any atom is 0.0786 e. The third-order valence-corrected chi connectivity index (χ3v) is 3.26. The van der Waals surface area contributed by atoms with Crippen LogP contribution in [0.25, 0.3) is 0 Å². The topological polar surface area (TPSA) is 58.3 Å². The fourth-order valence-corrected chi connectivity index (χ4v) is 1.89. The summed E-state index contributed by atoms with van der Waals surface area (Å²) in [4.78, 5) is 0. The van der Waals surface area contributed by atoms with Crippen LogP contribution in [0.4, 0.5) is 0 Å². The number of aliphatic hydroxyl groups excluding tert-OH is 1. The van der Waals surface area contributed by atoms with E-state index in [2.05, 4.69) is 44.3 Å². The SMILES string of the molecule is Cc1ccc(C(C)C)cc1CCNCC(O)CN. The zero-order valence-electron chi connectivity index (χ0n) is 11.7. The van der Waals surface area contributed by atoms with E-state index in [1.165, 1.54) is 16.7 Å². The molecule has 0 heterocycles. The third-order valence-electron chi connectivity index (χ3n) is 3.26. The molecule has 1 atom stereocenters. The van der Waals surface area contributed by atoms with E-state index in [-0.39, 0.29) is 0 Å². The minimum Gasteiger partial charge on any atom is -0.390 e. The molecular formula is C15H26N2O. The molecule has 1 aromatic carbocycles. The van der Waals surface area contributed by atoms with E-state index in [0.717, 1.165) is 13.0 Å². The molecule has 0 saturated carbocycles. The average molecular weight is 250 g/mol. The highest BCUT2D eigenvalue weighted by Gasteiger charge is 2.04. The molecule has 4 N–H and O–H groups in total. The summed E-state index contributed by atoms with van der Waals surface area (Å²) in [5.74, 6) is 0.566. The fourth-order valence-electron chi connectivity index (χ4n) is 1.89. The molecule has 0 amide bonds. The number of aryl methyl sites for hydroxylation is 1. The Labute approximate surface area is 110 Å². The monoisotopic (exact) mass is 250 g/mol. The van der Waals surface area contributed by atoms with Gasteiger partial charge < -0.3 is 16.2 Å². The molecule has 0 bridgehead atoms. The molecule has 18 heavy (non-hydrogen) atoms. The van der Waals surface area contributed by atoms with Crippen molar-refractivity contribution in [2.45, 2.75) is 39.2 Å². The highest BCUT2D eigenvalue weighted by molar-refractivity contribution is 5.32. The Morgan fingerprint density at radius 3 is 2.67 bits per heavy atom. The Kier molecular flexibility index (Phi) is 6.33. The predicted octanol–water partition coefficient (Wildman–Crippen LogP) is 1.57. The number of benzene rings is 1. The molecule has 3 heteroatoms. The zero-order chi connectivity index (χ0) is 13.5. The standard InChI is InChI=1S/C15H26N2O/c1-11(2)13-5-4-12(3)14(8-13)6-7-17-10-15(18)9-16/h4-5,8,11,15,17-18H,6-7,9-10,16H2,1-3H3. The van der Waals surface area contributed by atoms with Gasteiger partial charge in [-0.3, -0.25) is 0 Å². The summed E-state index contributed by atoms with van der Waals surface area (Å²) in [5.41, 5.74) is 9.46. The molecule has 0 spiro atoms. The molecule has 0 saturated heterocycles. The molecule has 1 rings (SSSR count). The van der Waals surface area contributed by atoms with Crippen LogP contribution in [0.2, 0.25) is 0 Å². The first-order chi connectivity index (χ1) is 8.54. The molecule has 3 nitrogen and oxygen atoms in total. The van der Waals surface area contributed by atoms with Crippen molar-refractivity contribution >= 4 is 0 Å².